The zero-order valence-corrected chi connectivity index (χ0v) is 15.5. The van der Waals surface area contributed by atoms with Crippen LogP contribution in [0.2, 0.25) is 0 Å². The van der Waals surface area contributed by atoms with Crippen LogP contribution in [0.4, 0.5) is 0 Å². The summed E-state index contributed by atoms with van der Waals surface area (Å²) in [5.41, 5.74) is 0. The smallest absolute Gasteiger partial charge is 0.306 e. The Hall–Kier alpha value is -0.570. The van der Waals surface area contributed by atoms with Gasteiger partial charge in [-0.1, -0.05) is 71.1 Å². The van der Waals surface area contributed by atoms with Crippen LogP contribution in [0.1, 0.15) is 105 Å². The molecule has 0 saturated heterocycles. The van der Waals surface area contributed by atoms with Crippen LogP contribution in [0.5, 0.6) is 0 Å². The van der Waals surface area contributed by atoms with Gasteiger partial charge in [0.25, 0.3) is 0 Å². The lowest BCUT2D eigenvalue weighted by molar-refractivity contribution is -0.147. The van der Waals surface area contributed by atoms with Crippen LogP contribution < -0.4 is 0 Å². The summed E-state index contributed by atoms with van der Waals surface area (Å²) in [7, 11) is 0. The van der Waals surface area contributed by atoms with E-state index in [1.165, 1.54) is 64.2 Å². The second kappa shape index (κ2) is 20.4. The Bertz CT molecular complexity index is 215. The summed E-state index contributed by atoms with van der Waals surface area (Å²) in [6.45, 7) is 7.99. The summed E-state index contributed by atoms with van der Waals surface area (Å²) < 4.78 is 5.10. The highest BCUT2D eigenvalue weighted by Gasteiger charge is 2.04. The monoisotopic (exact) mass is 316 g/mol. The van der Waals surface area contributed by atoms with Gasteiger partial charge in [0.2, 0.25) is 0 Å². The number of carbonyl (C=O) groups is 1. The minimum absolute atomic E-state index is 0.0280. The van der Waals surface area contributed by atoms with Gasteiger partial charge in [-0.2, -0.15) is 0 Å². The standard InChI is InChI=1S/C17H34O2.C2H6O/c1-4-5-6-7-8-9-10-11-12-13-14-15-17(18)19-16(2)3;1-2-3/h16H,4-15H2,1-3H3;3H,2H2,1H3. The van der Waals surface area contributed by atoms with Crippen molar-refractivity contribution in [2.75, 3.05) is 6.61 Å². The fourth-order valence-corrected chi connectivity index (χ4v) is 2.26. The highest BCUT2D eigenvalue weighted by Crippen LogP contribution is 2.12. The summed E-state index contributed by atoms with van der Waals surface area (Å²) in [6, 6.07) is 0. The molecule has 0 spiro atoms. The van der Waals surface area contributed by atoms with E-state index in [0.29, 0.717) is 6.42 Å². The number of hydrogen-bond acceptors (Lipinski definition) is 3. The van der Waals surface area contributed by atoms with Crippen molar-refractivity contribution < 1.29 is 14.6 Å². The molecule has 3 heteroatoms. The van der Waals surface area contributed by atoms with E-state index in [0.717, 1.165) is 6.42 Å². The van der Waals surface area contributed by atoms with Crippen molar-refractivity contribution in [2.24, 2.45) is 0 Å². The molecule has 0 amide bonds. The minimum atomic E-state index is -0.0362. The van der Waals surface area contributed by atoms with Gasteiger partial charge in [-0.15, -0.1) is 0 Å². The number of hydrogen-bond donors (Lipinski definition) is 1. The molecule has 0 rings (SSSR count). The lowest BCUT2D eigenvalue weighted by atomic mass is 10.1. The van der Waals surface area contributed by atoms with Gasteiger partial charge in [-0.3, -0.25) is 4.79 Å². The molecule has 0 heterocycles. The second-order valence-corrected chi connectivity index (χ2v) is 6.14. The molecule has 0 aromatic carbocycles. The molecule has 0 atom stereocenters. The third-order valence-corrected chi connectivity index (χ3v) is 3.35. The maximum absolute atomic E-state index is 11.3. The predicted octanol–water partition coefficient (Wildman–Crippen LogP) is 5.64. The zero-order valence-electron chi connectivity index (χ0n) is 15.5. The van der Waals surface area contributed by atoms with Crippen molar-refractivity contribution >= 4 is 5.97 Å². The fourth-order valence-electron chi connectivity index (χ4n) is 2.26. The van der Waals surface area contributed by atoms with E-state index in [4.69, 9.17) is 9.84 Å². The molecule has 134 valence electrons. The van der Waals surface area contributed by atoms with Crippen molar-refractivity contribution in [1.29, 1.82) is 0 Å². The van der Waals surface area contributed by atoms with Crippen molar-refractivity contribution in [1.82, 2.24) is 0 Å². The van der Waals surface area contributed by atoms with Gasteiger partial charge in [0.05, 0.1) is 6.10 Å². The van der Waals surface area contributed by atoms with E-state index < -0.39 is 0 Å². The first kappa shape index (κ1) is 23.7. The molecular weight excluding hydrogens is 276 g/mol. The van der Waals surface area contributed by atoms with Gasteiger partial charge < -0.3 is 9.84 Å². The van der Waals surface area contributed by atoms with E-state index in [1.807, 2.05) is 13.8 Å². The van der Waals surface area contributed by atoms with Gasteiger partial charge in [-0.05, 0) is 27.2 Å². The number of aliphatic hydroxyl groups is 1. The molecule has 0 unspecified atom stereocenters. The van der Waals surface area contributed by atoms with E-state index in [-0.39, 0.29) is 18.7 Å². The van der Waals surface area contributed by atoms with Crippen molar-refractivity contribution in [2.45, 2.75) is 111 Å². The van der Waals surface area contributed by atoms with E-state index >= 15 is 0 Å². The summed E-state index contributed by atoms with van der Waals surface area (Å²) in [5.74, 6) is -0.0362. The quantitative estimate of drug-likeness (QED) is 0.353. The zero-order chi connectivity index (χ0) is 17.1. The minimum Gasteiger partial charge on any atom is -0.463 e. The molecule has 0 bridgehead atoms. The Morgan fingerprint density at radius 1 is 0.818 bits per heavy atom. The Kier molecular flexibility index (Phi) is 22.0. The van der Waals surface area contributed by atoms with Crippen LogP contribution in [-0.4, -0.2) is 23.8 Å². The molecule has 0 aliphatic carbocycles. The highest BCUT2D eigenvalue weighted by molar-refractivity contribution is 5.69. The molecular formula is C19H40O3. The van der Waals surface area contributed by atoms with E-state index in [1.54, 1.807) is 6.92 Å². The average molecular weight is 317 g/mol. The van der Waals surface area contributed by atoms with Gasteiger partial charge >= 0.3 is 5.97 Å². The van der Waals surface area contributed by atoms with Crippen LogP contribution in [0.15, 0.2) is 0 Å². The first-order chi connectivity index (χ1) is 10.6. The molecule has 0 aliphatic rings. The van der Waals surface area contributed by atoms with Crippen LogP contribution in [-0.2, 0) is 9.53 Å². The van der Waals surface area contributed by atoms with Crippen molar-refractivity contribution in [3.63, 3.8) is 0 Å². The molecule has 0 aliphatic heterocycles. The lowest BCUT2D eigenvalue weighted by Gasteiger charge is -2.07. The molecule has 0 aromatic heterocycles. The lowest BCUT2D eigenvalue weighted by Crippen LogP contribution is -2.10. The predicted molar refractivity (Wildman–Crippen MR) is 95.1 cm³/mol. The van der Waals surface area contributed by atoms with E-state index in [9.17, 15) is 4.79 Å². The fraction of sp³-hybridized carbons (Fsp3) is 0.947. The van der Waals surface area contributed by atoms with Gasteiger partial charge in [0.15, 0.2) is 0 Å². The maximum atomic E-state index is 11.3. The third-order valence-electron chi connectivity index (χ3n) is 3.35. The van der Waals surface area contributed by atoms with Gasteiger partial charge in [-0.25, -0.2) is 0 Å². The summed E-state index contributed by atoms with van der Waals surface area (Å²) in [5, 5.41) is 7.57. The SMILES string of the molecule is CCCCCCCCCCCCCC(=O)OC(C)C.CCO. The number of unbranched alkanes of at least 4 members (excludes halogenated alkanes) is 10. The molecule has 0 radical (unpaired) electrons. The first-order valence-electron chi connectivity index (χ1n) is 9.38. The van der Waals surface area contributed by atoms with E-state index in [2.05, 4.69) is 6.92 Å². The van der Waals surface area contributed by atoms with Crippen LogP contribution in [0, 0.1) is 0 Å². The summed E-state index contributed by atoms with van der Waals surface area (Å²) >= 11 is 0. The van der Waals surface area contributed by atoms with Crippen LogP contribution in [0.3, 0.4) is 0 Å². The number of esters is 1. The molecule has 1 N–H and O–H groups in total. The second-order valence-electron chi connectivity index (χ2n) is 6.14. The average Bonchev–Trinajstić information content (AvgIpc) is 2.45. The molecule has 0 fully saturated rings. The maximum Gasteiger partial charge on any atom is 0.306 e. The summed E-state index contributed by atoms with van der Waals surface area (Å²) in [6.07, 6.45) is 15.1. The largest absolute Gasteiger partial charge is 0.463 e. The Balaban J connectivity index is 0. The van der Waals surface area contributed by atoms with Gasteiger partial charge in [0, 0.05) is 13.0 Å². The Morgan fingerprint density at radius 3 is 1.55 bits per heavy atom. The topological polar surface area (TPSA) is 46.5 Å². The third kappa shape index (κ3) is 24.4. The Labute approximate surface area is 138 Å². The number of carbonyl (C=O) groups excluding carboxylic acids is 1. The summed E-state index contributed by atoms with van der Waals surface area (Å²) in [4.78, 5) is 11.3. The molecule has 22 heavy (non-hydrogen) atoms. The normalized spacial score (nSPS) is 10.3. The van der Waals surface area contributed by atoms with Crippen LogP contribution in [0.25, 0.3) is 0 Å². The number of aliphatic hydroxyl groups excluding tert-OH is 1. The molecule has 3 nitrogen and oxygen atoms in total. The first-order valence-corrected chi connectivity index (χ1v) is 9.38. The van der Waals surface area contributed by atoms with Crippen molar-refractivity contribution in [3.8, 4) is 0 Å². The Morgan fingerprint density at radius 2 is 1.18 bits per heavy atom. The number of ether oxygens (including phenoxy) is 1. The number of rotatable bonds is 13. The molecule has 0 saturated carbocycles. The van der Waals surface area contributed by atoms with Crippen molar-refractivity contribution in [3.05, 3.63) is 0 Å². The molecule has 0 aromatic rings. The van der Waals surface area contributed by atoms with Crippen LogP contribution >= 0.6 is 0 Å². The highest BCUT2D eigenvalue weighted by atomic mass is 16.5. The van der Waals surface area contributed by atoms with Gasteiger partial charge in [0.1, 0.15) is 0 Å².